The predicted molar refractivity (Wildman–Crippen MR) is 43.9 cm³/mol. The molecule has 0 aliphatic rings. The Morgan fingerprint density at radius 3 is 2.44 bits per heavy atom. The summed E-state index contributed by atoms with van der Waals surface area (Å²) >= 11 is 1.83. The van der Waals surface area contributed by atoms with Gasteiger partial charge in [-0.15, -0.1) is 0 Å². The highest BCUT2D eigenvalue weighted by Gasteiger charge is 1.92. The van der Waals surface area contributed by atoms with Crippen molar-refractivity contribution >= 4 is 11.8 Å². The lowest BCUT2D eigenvalue weighted by atomic mass is 10.2. The molecule has 0 heterocycles. The molecule has 0 aliphatic heterocycles. The van der Waals surface area contributed by atoms with Crippen LogP contribution in [0.1, 0.15) is 20.3 Å². The standard InChI is InChI=1S/C7H16OS/c1-7(2)3-5-9-6-4-8/h7-8H,3-6H2,1-2H3. The summed E-state index contributed by atoms with van der Waals surface area (Å²) in [7, 11) is 0. The Hall–Kier alpha value is 0.310. The number of hydrogen-bond acceptors (Lipinski definition) is 2. The first kappa shape index (κ1) is 9.31. The molecule has 0 fully saturated rings. The zero-order valence-corrected chi connectivity index (χ0v) is 7.08. The molecule has 0 aromatic heterocycles. The average molecular weight is 148 g/mol. The third-order valence-electron chi connectivity index (χ3n) is 1.08. The predicted octanol–water partition coefficient (Wildman–Crippen LogP) is 1.76. The fourth-order valence-corrected chi connectivity index (χ4v) is 1.46. The van der Waals surface area contributed by atoms with E-state index in [2.05, 4.69) is 13.8 Å². The zero-order chi connectivity index (χ0) is 7.11. The van der Waals surface area contributed by atoms with Gasteiger partial charge in [-0.25, -0.2) is 0 Å². The lowest BCUT2D eigenvalue weighted by Crippen LogP contribution is -1.92. The van der Waals surface area contributed by atoms with E-state index in [9.17, 15) is 0 Å². The number of aliphatic hydroxyl groups excluding tert-OH is 1. The van der Waals surface area contributed by atoms with Crippen molar-refractivity contribution in [1.82, 2.24) is 0 Å². The van der Waals surface area contributed by atoms with Crippen LogP contribution in [0.2, 0.25) is 0 Å². The summed E-state index contributed by atoms with van der Waals surface area (Å²) in [6.45, 7) is 4.77. The summed E-state index contributed by atoms with van der Waals surface area (Å²) in [4.78, 5) is 0. The second kappa shape index (κ2) is 6.43. The van der Waals surface area contributed by atoms with Crippen molar-refractivity contribution in [3.05, 3.63) is 0 Å². The fraction of sp³-hybridized carbons (Fsp3) is 1.00. The van der Waals surface area contributed by atoms with Crippen LogP contribution in [-0.2, 0) is 0 Å². The molecule has 1 N–H and O–H groups in total. The minimum absolute atomic E-state index is 0.322. The molecule has 0 amide bonds. The molecule has 0 aromatic rings. The maximum atomic E-state index is 8.41. The van der Waals surface area contributed by atoms with E-state index in [1.165, 1.54) is 12.2 Å². The van der Waals surface area contributed by atoms with Crippen molar-refractivity contribution in [2.75, 3.05) is 18.1 Å². The van der Waals surface area contributed by atoms with E-state index >= 15 is 0 Å². The molecule has 0 aliphatic carbocycles. The summed E-state index contributed by atoms with van der Waals surface area (Å²) in [6, 6.07) is 0. The van der Waals surface area contributed by atoms with Crippen LogP contribution in [0.5, 0.6) is 0 Å². The van der Waals surface area contributed by atoms with Gasteiger partial charge in [-0.05, 0) is 18.1 Å². The van der Waals surface area contributed by atoms with Gasteiger partial charge in [0.05, 0.1) is 6.61 Å². The smallest absolute Gasteiger partial charge is 0.0521 e. The normalized spacial score (nSPS) is 10.7. The molecule has 1 nitrogen and oxygen atoms in total. The molecule has 0 bridgehead atoms. The van der Waals surface area contributed by atoms with E-state index in [-0.39, 0.29) is 0 Å². The van der Waals surface area contributed by atoms with Gasteiger partial charge in [-0.1, -0.05) is 13.8 Å². The first-order valence-corrected chi connectivity index (χ1v) is 4.61. The second-order valence-electron chi connectivity index (χ2n) is 2.52. The van der Waals surface area contributed by atoms with E-state index in [1.807, 2.05) is 11.8 Å². The first-order chi connectivity index (χ1) is 4.27. The summed E-state index contributed by atoms with van der Waals surface area (Å²) in [5.74, 6) is 2.89. The molecule has 2 heteroatoms. The van der Waals surface area contributed by atoms with Crippen LogP contribution < -0.4 is 0 Å². The van der Waals surface area contributed by atoms with Gasteiger partial charge in [0.15, 0.2) is 0 Å². The Balaban J connectivity index is 2.75. The molecule has 0 aromatic carbocycles. The lowest BCUT2D eigenvalue weighted by molar-refractivity contribution is 0.322. The van der Waals surface area contributed by atoms with Crippen molar-refractivity contribution in [3.8, 4) is 0 Å². The van der Waals surface area contributed by atoms with Crippen molar-refractivity contribution in [2.45, 2.75) is 20.3 Å². The van der Waals surface area contributed by atoms with Crippen LogP contribution in [0.3, 0.4) is 0 Å². The van der Waals surface area contributed by atoms with Gasteiger partial charge >= 0.3 is 0 Å². The Bertz CT molecular complexity index is 54.9. The van der Waals surface area contributed by atoms with Crippen molar-refractivity contribution in [1.29, 1.82) is 0 Å². The molecule has 0 saturated carbocycles. The Morgan fingerprint density at radius 1 is 1.33 bits per heavy atom. The molecular formula is C7H16OS. The molecule has 0 atom stereocenters. The van der Waals surface area contributed by atoms with Gasteiger partial charge in [0.2, 0.25) is 0 Å². The van der Waals surface area contributed by atoms with Crippen LogP contribution in [0.15, 0.2) is 0 Å². The molecule has 0 saturated heterocycles. The van der Waals surface area contributed by atoms with Crippen LogP contribution in [0.25, 0.3) is 0 Å². The molecule has 0 rings (SSSR count). The van der Waals surface area contributed by atoms with Crippen LogP contribution >= 0.6 is 11.8 Å². The highest BCUT2D eigenvalue weighted by Crippen LogP contribution is 2.07. The summed E-state index contributed by atoms with van der Waals surface area (Å²) in [6.07, 6.45) is 1.27. The minimum atomic E-state index is 0.322. The molecule has 0 unspecified atom stereocenters. The molecular weight excluding hydrogens is 132 g/mol. The number of hydrogen-bond donors (Lipinski definition) is 1. The van der Waals surface area contributed by atoms with Gasteiger partial charge in [0.1, 0.15) is 0 Å². The molecule has 0 radical (unpaired) electrons. The maximum absolute atomic E-state index is 8.41. The highest BCUT2D eigenvalue weighted by molar-refractivity contribution is 7.99. The van der Waals surface area contributed by atoms with Crippen LogP contribution in [0.4, 0.5) is 0 Å². The van der Waals surface area contributed by atoms with Gasteiger partial charge in [0, 0.05) is 5.75 Å². The maximum Gasteiger partial charge on any atom is 0.0521 e. The van der Waals surface area contributed by atoms with E-state index in [0.29, 0.717) is 6.61 Å². The van der Waals surface area contributed by atoms with E-state index < -0.39 is 0 Å². The number of aliphatic hydroxyl groups is 1. The molecule has 9 heavy (non-hydrogen) atoms. The average Bonchev–Trinajstić information content (AvgIpc) is 1.80. The zero-order valence-electron chi connectivity index (χ0n) is 6.26. The third-order valence-corrected chi connectivity index (χ3v) is 2.07. The van der Waals surface area contributed by atoms with Gasteiger partial charge in [0.25, 0.3) is 0 Å². The van der Waals surface area contributed by atoms with Gasteiger partial charge in [-0.3, -0.25) is 0 Å². The van der Waals surface area contributed by atoms with Crippen molar-refractivity contribution < 1.29 is 5.11 Å². The molecule has 56 valence electrons. The SMILES string of the molecule is CC(C)CCSCCO. The number of thioether (sulfide) groups is 1. The Kier molecular flexibility index (Phi) is 6.65. The monoisotopic (exact) mass is 148 g/mol. The quantitative estimate of drug-likeness (QED) is 0.599. The first-order valence-electron chi connectivity index (χ1n) is 3.46. The van der Waals surface area contributed by atoms with E-state index in [1.54, 1.807) is 0 Å². The fourth-order valence-electron chi connectivity index (χ4n) is 0.486. The third kappa shape index (κ3) is 8.31. The largest absolute Gasteiger partial charge is 0.396 e. The second-order valence-corrected chi connectivity index (χ2v) is 3.74. The highest BCUT2D eigenvalue weighted by atomic mass is 32.2. The van der Waals surface area contributed by atoms with Gasteiger partial charge < -0.3 is 5.11 Å². The lowest BCUT2D eigenvalue weighted by Gasteiger charge is -2.01. The Labute approximate surface area is 61.8 Å². The van der Waals surface area contributed by atoms with Crippen LogP contribution in [-0.4, -0.2) is 23.2 Å². The summed E-state index contributed by atoms with van der Waals surface area (Å²) < 4.78 is 0. The topological polar surface area (TPSA) is 20.2 Å². The minimum Gasteiger partial charge on any atom is -0.396 e. The number of rotatable bonds is 5. The summed E-state index contributed by atoms with van der Waals surface area (Å²) in [5, 5.41) is 8.41. The molecule has 0 spiro atoms. The van der Waals surface area contributed by atoms with Crippen molar-refractivity contribution in [2.24, 2.45) is 5.92 Å². The van der Waals surface area contributed by atoms with Crippen molar-refractivity contribution in [3.63, 3.8) is 0 Å². The van der Waals surface area contributed by atoms with E-state index in [0.717, 1.165) is 11.7 Å². The Morgan fingerprint density at radius 2 is 2.00 bits per heavy atom. The summed E-state index contributed by atoms with van der Waals surface area (Å²) in [5.41, 5.74) is 0. The van der Waals surface area contributed by atoms with E-state index in [4.69, 9.17) is 5.11 Å². The van der Waals surface area contributed by atoms with Crippen LogP contribution in [0, 0.1) is 5.92 Å². The van der Waals surface area contributed by atoms with Gasteiger partial charge in [-0.2, -0.15) is 11.8 Å².